The molecule has 1 atom stereocenters. The van der Waals surface area contributed by atoms with Crippen LogP contribution in [0.5, 0.6) is 0 Å². The van der Waals surface area contributed by atoms with Gasteiger partial charge in [-0.05, 0) is 48.9 Å². The van der Waals surface area contributed by atoms with Crippen LogP contribution in [-0.4, -0.2) is 38.7 Å². The van der Waals surface area contributed by atoms with E-state index in [9.17, 15) is 9.90 Å². The van der Waals surface area contributed by atoms with E-state index >= 15 is 0 Å². The van der Waals surface area contributed by atoms with Crippen molar-refractivity contribution in [1.29, 1.82) is 0 Å². The minimum atomic E-state index is -0.513. The third-order valence-corrected chi connectivity index (χ3v) is 8.36. The van der Waals surface area contributed by atoms with Gasteiger partial charge in [0.1, 0.15) is 16.9 Å². The Morgan fingerprint density at radius 2 is 1.85 bits per heavy atom. The Hall–Kier alpha value is -3.14. The summed E-state index contributed by atoms with van der Waals surface area (Å²) in [5.74, 6) is 1.06. The fraction of sp³-hybridized carbons (Fsp3) is 0.280. The number of hydrogen-bond acceptors (Lipinski definition) is 8. The van der Waals surface area contributed by atoms with Crippen LogP contribution in [0.1, 0.15) is 51.2 Å². The van der Waals surface area contributed by atoms with Crippen molar-refractivity contribution in [3.63, 3.8) is 0 Å². The third kappa shape index (κ3) is 3.70. The topological polar surface area (TPSA) is 89.6 Å². The van der Waals surface area contributed by atoms with E-state index in [4.69, 9.17) is 9.73 Å². The van der Waals surface area contributed by atoms with E-state index in [1.54, 1.807) is 22.7 Å². The maximum atomic E-state index is 12.3. The highest BCUT2D eigenvalue weighted by molar-refractivity contribution is 7.15. The molecular weight excluding hydrogens is 468 g/mol. The molecule has 0 aliphatic carbocycles. The molecule has 34 heavy (non-hydrogen) atoms. The lowest BCUT2D eigenvalue weighted by Crippen LogP contribution is -2.12. The average molecular weight is 493 g/mol. The molecule has 174 valence electrons. The molecule has 0 radical (unpaired) electrons. The van der Waals surface area contributed by atoms with Gasteiger partial charge in [0.2, 0.25) is 0 Å². The van der Waals surface area contributed by atoms with Gasteiger partial charge in [-0.2, -0.15) is 0 Å². The van der Waals surface area contributed by atoms with Crippen LogP contribution in [0.4, 0.5) is 0 Å². The predicted molar refractivity (Wildman–Crippen MR) is 134 cm³/mol. The summed E-state index contributed by atoms with van der Waals surface area (Å²) in [5, 5.41) is 21.3. The number of hydrogen-bond donors (Lipinski definition) is 1. The first-order valence-electron chi connectivity index (χ1n) is 10.9. The Bertz CT molecular complexity index is 1410. The lowest BCUT2D eigenvalue weighted by atomic mass is 9.98. The second-order valence-corrected chi connectivity index (χ2v) is 10.3. The predicted octanol–water partition coefficient (Wildman–Crippen LogP) is 4.93. The van der Waals surface area contributed by atoms with Crippen molar-refractivity contribution in [2.24, 2.45) is 4.99 Å². The maximum absolute atomic E-state index is 12.3. The van der Waals surface area contributed by atoms with Crippen molar-refractivity contribution in [3.05, 3.63) is 74.5 Å². The van der Waals surface area contributed by atoms with Gasteiger partial charge in [-0.1, -0.05) is 24.3 Å². The molecule has 9 heteroatoms. The zero-order valence-electron chi connectivity index (χ0n) is 19.3. The van der Waals surface area contributed by atoms with Gasteiger partial charge < -0.3 is 9.84 Å². The lowest BCUT2D eigenvalue weighted by Gasteiger charge is -2.12. The molecule has 0 saturated heterocycles. The van der Waals surface area contributed by atoms with Crippen molar-refractivity contribution in [1.82, 2.24) is 14.8 Å². The number of aliphatic hydroxyl groups excluding tert-OH is 1. The van der Waals surface area contributed by atoms with Crippen LogP contribution in [0, 0.1) is 20.8 Å². The highest BCUT2D eigenvalue weighted by Gasteiger charge is 2.32. The summed E-state index contributed by atoms with van der Waals surface area (Å²) < 4.78 is 6.98. The smallest absolute Gasteiger partial charge is 0.308 e. The van der Waals surface area contributed by atoms with Crippen molar-refractivity contribution < 1.29 is 14.6 Å². The molecule has 4 aromatic rings. The van der Waals surface area contributed by atoms with E-state index < -0.39 is 6.04 Å². The second kappa shape index (κ2) is 8.90. The van der Waals surface area contributed by atoms with Crippen LogP contribution in [-0.2, 0) is 16.1 Å². The van der Waals surface area contributed by atoms with Gasteiger partial charge in [0.05, 0.1) is 25.8 Å². The quantitative estimate of drug-likeness (QED) is 0.399. The van der Waals surface area contributed by atoms with Gasteiger partial charge in [0, 0.05) is 20.9 Å². The van der Waals surface area contributed by atoms with Crippen molar-refractivity contribution in [3.8, 4) is 15.4 Å². The maximum Gasteiger partial charge on any atom is 0.308 e. The molecule has 0 bridgehead atoms. The summed E-state index contributed by atoms with van der Waals surface area (Å²) in [5.41, 5.74) is 5.95. The van der Waals surface area contributed by atoms with Gasteiger partial charge in [0.25, 0.3) is 0 Å². The number of aliphatic hydroxyl groups is 1. The Kier molecular flexibility index (Phi) is 5.93. The molecule has 1 aliphatic heterocycles. The molecule has 0 saturated carbocycles. The Labute approximate surface area is 205 Å². The normalized spacial score (nSPS) is 14.9. The highest BCUT2D eigenvalue weighted by atomic mass is 32.1. The molecular formula is C25H24N4O3S2. The first kappa shape index (κ1) is 22.6. The molecule has 5 rings (SSSR count). The number of aromatic nitrogens is 3. The summed E-state index contributed by atoms with van der Waals surface area (Å²) in [7, 11) is 1.38. The number of methoxy groups -OCH3 is 1. The fourth-order valence-corrected chi connectivity index (χ4v) is 6.40. The number of benzene rings is 1. The third-order valence-electron chi connectivity index (χ3n) is 6.16. The number of carbonyl (C=O) groups excluding carboxylic acids is 1. The number of rotatable bonds is 5. The van der Waals surface area contributed by atoms with Gasteiger partial charge in [-0.3, -0.25) is 14.4 Å². The molecule has 1 N–H and O–H groups in total. The SMILES string of the molecule is COC(=O)C[C@@H]1N=C(c2ccc(-c3sccc3CO)cc2)c2c(sc(C)c2C)-n2c(C)nnc21. The van der Waals surface area contributed by atoms with E-state index in [1.807, 2.05) is 22.9 Å². The van der Waals surface area contributed by atoms with E-state index in [-0.39, 0.29) is 19.0 Å². The first-order valence-corrected chi connectivity index (χ1v) is 12.6. The van der Waals surface area contributed by atoms with Crippen LogP contribution in [0.15, 0.2) is 40.7 Å². The summed E-state index contributed by atoms with van der Waals surface area (Å²) in [6.45, 7) is 6.14. The Morgan fingerprint density at radius 3 is 2.56 bits per heavy atom. The largest absolute Gasteiger partial charge is 0.469 e. The standard InChI is InChI=1S/C25H24N4O3S2/c1-13-14(2)34-25-21(13)22(16-5-7-17(8-6-16)23-18(12-30)9-10-33-23)26-19(11-20(31)32-4)24-28-27-15(3)29(24)25/h5-10,19,30H,11-12H2,1-4H3/t19-/m0/s1. The van der Waals surface area contributed by atoms with Gasteiger partial charge in [-0.15, -0.1) is 32.9 Å². The highest BCUT2D eigenvalue weighted by Crippen LogP contribution is 2.40. The van der Waals surface area contributed by atoms with Crippen molar-refractivity contribution >= 4 is 34.4 Å². The Morgan fingerprint density at radius 1 is 1.12 bits per heavy atom. The van der Waals surface area contributed by atoms with Crippen LogP contribution in [0.25, 0.3) is 15.4 Å². The van der Waals surface area contributed by atoms with Gasteiger partial charge >= 0.3 is 5.97 Å². The van der Waals surface area contributed by atoms with Crippen molar-refractivity contribution in [2.45, 2.75) is 39.8 Å². The number of nitrogens with zero attached hydrogens (tertiary/aromatic N) is 4. The van der Waals surface area contributed by atoms with E-state index in [1.165, 1.54) is 12.0 Å². The number of aliphatic imine (C=N–C) groups is 1. The van der Waals surface area contributed by atoms with E-state index in [0.717, 1.165) is 49.2 Å². The Balaban J connectivity index is 1.68. The van der Waals surface area contributed by atoms with Crippen LogP contribution >= 0.6 is 22.7 Å². The van der Waals surface area contributed by atoms with Crippen molar-refractivity contribution in [2.75, 3.05) is 7.11 Å². The number of ether oxygens (including phenoxy) is 1. The van der Waals surface area contributed by atoms with Gasteiger partial charge in [-0.25, -0.2) is 0 Å². The summed E-state index contributed by atoms with van der Waals surface area (Å²) in [4.78, 5) is 19.6. The molecule has 7 nitrogen and oxygen atoms in total. The van der Waals surface area contributed by atoms with Gasteiger partial charge in [0.15, 0.2) is 5.82 Å². The zero-order chi connectivity index (χ0) is 24.0. The molecule has 1 aliphatic rings. The molecule has 4 heterocycles. The molecule has 1 aromatic carbocycles. The average Bonchev–Trinajstić information content (AvgIpc) is 3.52. The van der Waals surface area contributed by atoms with E-state index in [0.29, 0.717) is 5.82 Å². The first-order chi connectivity index (χ1) is 16.4. The molecule has 0 unspecified atom stereocenters. The fourth-order valence-electron chi connectivity index (χ4n) is 4.26. The summed E-state index contributed by atoms with van der Waals surface area (Å²) in [6, 6.07) is 9.66. The molecule has 3 aromatic heterocycles. The van der Waals surface area contributed by atoms with E-state index in [2.05, 4.69) is 48.3 Å². The number of thiophene rings is 2. The monoisotopic (exact) mass is 492 g/mol. The van der Waals surface area contributed by atoms with Crippen LogP contribution < -0.4 is 0 Å². The summed E-state index contributed by atoms with van der Waals surface area (Å²) in [6.07, 6.45) is 0.0816. The summed E-state index contributed by atoms with van der Waals surface area (Å²) >= 11 is 3.29. The van der Waals surface area contributed by atoms with Crippen LogP contribution in [0.3, 0.4) is 0 Å². The number of esters is 1. The molecule has 0 fully saturated rings. The minimum Gasteiger partial charge on any atom is -0.469 e. The molecule has 0 amide bonds. The number of carbonyl (C=O) groups is 1. The molecule has 0 spiro atoms. The van der Waals surface area contributed by atoms with Crippen LogP contribution in [0.2, 0.25) is 0 Å². The zero-order valence-corrected chi connectivity index (χ0v) is 21.0. The minimum absolute atomic E-state index is 0.0120. The number of aryl methyl sites for hydroxylation is 2. The number of fused-ring (bicyclic) bond motifs is 3. The second-order valence-electron chi connectivity index (χ2n) is 8.19. The lowest BCUT2D eigenvalue weighted by molar-refractivity contribution is -0.141.